The molecule has 1 aromatic heterocycles. The number of nitrogens with zero attached hydrogens (tertiary/aromatic N) is 1. The normalized spacial score (nSPS) is 12.9. The number of hydrogen-bond acceptors (Lipinski definition) is 4. The fourth-order valence-corrected chi connectivity index (χ4v) is 4.44. The summed E-state index contributed by atoms with van der Waals surface area (Å²) in [5.41, 5.74) is 3.70. The Labute approximate surface area is 179 Å². The van der Waals surface area contributed by atoms with E-state index < -0.39 is 16.8 Å². The molecule has 0 amide bonds. The largest absolute Gasteiger partial charge is 0.454 e. The first kappa shape index (κ1) is 21.7. The van der Waals surface area contributed by atoms with Gasteiger partial charge in [-0.25, -0.2) is 4.79 Å². The van der Waals surface area contributed by atoms with Crippen LogP contribution >= 0.6 is 0 Å². The zero-order chi connectivity index (χ0) is 21.8. The van der Waals surface area contributed by atoms with Gasteiger partial charge in [0.1, 0.15) is 0 Å². The molecule has 3 aromatic rings. The molecule has 1 heterocycles. The highest BCUT2D eigenvalue weighted by Crippen LogP contribution is 2.26. The molecule has 0 N–H and O–H groups in total. The molecule has 0 unspecified atom stereocenters. The van der Waals surface area contributed by atoms with Crippen LogP contribution in [-0.2, 0) is 15.5 Å². The second-order valence-electron chi connectivity index (χ2n) is 7.19. The highest BCUT2D eigenvalue weighted by molar-refractivity contribution is 7.84. The van der Waals surface area contributed by atoms with E-state index in [0.717, 1.165) is 17.0 Å². The molecule has 0 aliphatic carbocycles. The Bertz CT molecular complexity index is 1100. The first-order valence-electron chi connectivity index (χ1n) is 9.67. The van der Waals surface area contributed by atoms with Gasteiger partial charge < -0.3 is 9.30 Å². The van der Waals surface area contributed by atoms with Gasteiger partial charge in [-0.15, -0.1) is 0 Å². The average molecular weight is 424 g/mol. The Hall–Kier alpha value is -2.99. The van der Waals surface area contributed by atoms with E-state index in [1.807, 2.05) is 38.1 Å². The van der Waals surface area contributed by atoms with Gasteiger partial charge in [0.05, 0.1) is 27.3 Å². The van der Waals surface area contributed by atoms with Gasteiger partial charge in [0.2, 0.25) is 5.78 Å². The second-order valence-corrected chi connectivity index (χ2v) is 8.54. The van der Waals surface area contributed by atoms with E-state index in [2.05, 4.69) is 23.6 Å². The number of ketones is 1. The van der Waals surface area contributed by atoms with Crippen molar-refractivity contribution in [3.05, 3.63) is 88.7 Å². The SMILES string of the molecule is Cc1cc(C(=O)COC(=O)c2ccccc2[S@@](C)=O)c(C)n1[C@@H](C)c1ccccc1. The summed E-state index contributed by atoms with van der Waals surface area (Å²) in [6.45, 7) is 5.58. The zero-order valence-corrected chi connectivity index (χ0v) is 18.4. The minimum atomic E-state index is -1.33. The molecule has 0 aliphatic heterocycles. The molecule has 2 aromatic carbocycles. The summed E-state index contributed by atoms with van der Waals surface area (Å²) in [7, 11) is -1.33. The van der Waals surface area contributed by atoms with Crippen LogP contribution in [0.2, 0.25) is 0 Å². The quantitative estimate of drug-likeness (QED) is 0.415. The molecular weight excluding hydrogens is 398 g/mol. The maximum atomic E-state index is 12.8. The minimum absolute atomic E-state index is 0.0710. The van der Waals surface area contributed by atoms with Gasteiger partial charge in [0, 0.05) is 23.2 Å². The molecule has 3 rings (SSSR count). The van der Waals surface area contributed by atoms with Crippen molar-refractivity contribution in [2.45, 2.75) is 31.7 Å². The smallest absolute Gasteiger partial charge is 0.339 e. The molecule has 2 atom stereocenters. The molecule has 156 valence electrons. The fraction of sp³-hybridized carbons (Fsp3) is 0.250. The summed E-state index contributed by atoms with van der Waals surface area (Å²) in [6.07, 6.45) is 1.50. The molecule has 0 spiro atoms. The van der Waals surface area contributed by atoms with Gasteiger partial charge in [-0.05, 0) is 44.5 Å². The first-order chi connectivity index (χ1) is 14.3. The maximum Gasteiger partial charge on any atom is 0.339 e. The van der Waals surface area contributed by atoms with Crippen LogP contribution in [0.4, 0.5) is 0 Å². The molecule has 0 aliphatic rings. The van der Waals surface area contributed by atoms with Crippen LogP contribution < -0.4 is 0 Å². The number of carbonyl (C=O) groups excluding carboxylic acids is 2. The van der Waals surface area contributed by atoms with E-state index in [1.165, 1.54) is 6.26 Å². The van der Waals surface area contributed by atoms with E-state index in [9.17, 15) is 13.8 Å². The number of hydrogen-bond donors (Lipinski definition) is 0. The Morgan fingerprint density at radius 1 is 1.00 bits per heavy atom. The van der Waals surface area contributed by atoms with E-state index >= 15 is 0 Å². The lowest BCUT2D eigenvalue weighted by molar-refractivity contribution is 0.0471. The number of aromatic nitrogens is 1. The summed E-state index contributed by atoms with van der Waals surface area (Å²) in [5.74, 6) is -0.918. The Balaban J connectivity index is 1.77. The van der Waals surface area contributed by atoms with E-state index in [1.54, 1.807) is 24.3 Å². The maximum absolute atomic E-state index is 12.8. The highest BCUT2D eigenvalue weighted by atomic mass is 32.2. The van der Waals surface area contributed by atoms with Gasteiger partial charge in [0.15, 0.2) is 6.61 Å². The summed E-state index contributed by atoms with van der Waals surface area (Å²) in [5, 5.41) is 0. The molecule has 0 saturated heterocycles. The number of benzene rings is 2. The average Bonchev–Trinajstić information content (AvgIpc) is 3.05. The fourth-order valence-electron chi connectivity index (χ4n) is 3.71. The third-order valence-electron chi connectivity index (χ3n) is 5.21. The van der Waals surface area contributed by atoms with Crippen LogP contribution in [0, 0.1) is 13.8 Å². The van der Waals surface area contributed by atoms with Gasteiger partial charge in [0.25, 0.3) is 0 Å². The number of ether oxygens (including phenoxy) is 1. The molecule has 0 radical (unpaired) electrons. The van der Waals surface area contributed by atoms with Gasteiger partial charge in [-0.1, -0.05) is 42.5 Å². The van der Waals surface area contributed by atoms with Crippen LogP contribution in [0.1, 0.15) is 50.6 Å². The third-order valence-corrected chi connectivity index (χ3v) is 6.18. The minimum Gasteiger partial charge on any atom is -0.454 e. The van der Waals surface area contributed by atoms with Crippen molar-refractivity contribution < 1.29 is 18.5 Å². The first-order valence-corrected chi connectivity index (χ1v) is 11.2. The summed E-state index contributed by atoms with van der Waals surface area (Å²) in [4.78, 5) is 25.6. The monoisotopic (exact) mass is 423 g/mol. The number of esters is 1. The van der Waals surface area contributed by atoms with Crippen LogP contribution in [-0.4, -0.2) is 33.4 Å². The molecule has 30 heavy (non-hydrogen) atoms. The molecular formula is C24H25NO4S. The van der Waals surface area contributed by atoms with Crippen molar-refractivity contribution in [2.24, 2.45) is 0 Å². The molecule has 5 nitrogen and oxygen atoms in total. The third kappa shape index (κ3) is 4.44. The Morgan fingerprint density at radius 3 is 2.30 bits per heavy atom. The number of Topliss-reactive ketones (excluding diaryl/α,β-unsaturated/α-hetero) is 1. The summed E-state index contributed by atoms with van der Waals surface area (Å²) >= 11 is 0. The van der Waals surface area contributed by atoms with E-state index in [0.29, 0.717) is 10.5 Å². The number of carbonyl (C=O) groups is 2. The standard InChI is InChI=1S/C24H25NO4S/c1-16-14-21(18(3)25(16)17(2)19-10-6-5-7-11-19)22(26)15-29-24(27)20-12-8-9-13-23(20)30(4)28/h5-14,17H,15H2,1-4H3/t17-,30+/m0/s1. The molecule has 6 heteroatoms. The summed E-state index contributed by atoms with van der Waals surface area (Å²) < 4.78 is 19.2. The van der Waals surface area contributed by atoms with Crippen molar-refractivity contribution in [1.29, 1.82) is 0 Å². The van der Waals surface area contributed by atoms with Crippen LogP contribution in [0.5, 0.6) is 0 Å². The number of rotatable bonds is 7. The van der Waals surface area contributed by atoms with Crippen LogP contribution in [0.3, 0.4) is 0 Å². The van der Waals surface area contributed by atoms with Gasteiger partial charge in [-0.2, -0.15) is 0 Å². The Morgan fingerprint density at radius 2 is 1.63 bits per heavy atom. The summed E-state index contributed by atoms with van der Waals surface area (Å²) in [6, 6.07) is 18.5. The predicted octanol–water partition coefficient (Wildman–Crippen LogP) is 4.49. The lowest BCUT2D eigenvalue weighted by Gasteiger charge is -2.19. The van der Waals surface area contributed by atoms with Crippen molar-refractivity contribution in [1.82, 2.24) is 4.57 Å². The molecule has 0 fully saturated rings. The van der Waals surface area contributed by atoms with Crippen molar-refractivity contribution in [3.63, 3.8) is 0 Å². The lowest BCUT2D eigenvalue weighted by atomic mass is 10.1. The topological polar surface area (TPSA) is 65.4 Å². The van der Waals surface area contributed by atoms with E-state index in [4.69, 9.17) is 4.74 Å². The van der Waals surface area contributed by atoms with E-state index in [-0.39, 0.29) is 24.0 Å². The number of aryl methyl sites for hydroxylation is 1. The van der Waals surface area contributed by atoms with Crippen LogP contribution in [0.25, 0.3) is 0 Å². The van der Waals surface area contributed by atoms with Crippen LogP contribution in [0.15, 0.2) is 65.6 Å². The zero-order valence-electron chi connectivity index (χ0n) is 17.5. The highest BCUT2D eigenvalue weighted by Gasteiger charge is 2.22. The Kier molecular flexibility index (Phi) is 6.67. The lowest BCUT2D eigenvalue weighted by Crippen LogP contribution is -2.17. The van der Waals surface area contributed by atoms with Crippen molar-refractivity contribution in [2.75, 3.05) is 12.9 Å². The van der Waals surface area contributed by atoms with Gasteiger partial charge in [-0.3, -0.25) is 9.00 Å². The molecule has 0 saturated carbocycles. The van der Waals surface area contributed by atoms with Gasteiger partial charge >= 0.3 is 5.97 Å². The second kappa shape index (κ2) is 9.22. The predicted molar refractivity (Wildman–Crippen MR) is 118 cm³/mol. The van der Waals surface area contributed by atoms with Crippen molar-refractivity contribution in [3.8, 4) is 0 Å². The molecule has 0 bridgehead atoms. The van der Waals surface area contributed by atoms with Crippen molar-refractivity contribution >= 4 is 22.6 Å².